The minimum absolute atomic E-state index is 0.0544. The fourth-order valence-electron chi connectivity index (χ4n) is 1.49. The Bertz CT molecular complexity index is 540. The summed E-state index contributed by atoms with van der Waals surface area (Å²) in [6.07, 6.45) is 3.74. The van der Waals surface area contributed by atoms with E-state index < -0.39 is 0 Å². The van der Waals surface area contributed by atoms with Crippen LogP contribution in [-0.2, 0) is 6.42 Å². The summed E-state index contributed by atoms with van der Waals surface area (Å²) in [6.45, 7) is 0. The molecule has 0 aliphatic heterocycles. The van der Waals surface area contributed by atoms with Crippen molar-refractivity contribution in [3.63, 3.8) is 0 Å². The molecule has 0 spiro atoms. The van der Waals surface area contributed by atoms with Crippen LogP contribution in [-0.4, -0.2) is 10.8 Å². The smallest absolute Gasteiger partial charge is 0.167 e. The van der Waals surface area contributed by atoms with Gasteiger partial charge >= 0.3 is 0 Å². The van der Waals surface area contributed by atoms with E-state index in [0.29, 0.717) is 17.7 Å². The molecule has 0 saturated carbocycles. The standard InChI is InChI=1S/C13H11BrN2O/c14-11-7-10(3-4-12(11)15)13(17)6-9-2-1-5-16-8-9/h1-5,7-8H,6,15H2. The third-order valence-corrected chi connectivity index (χ3v) is 3.10. The maximum Gasteiger partial charge on any atom is 0.167 e. The summed E-state index contributed by atoms with van der Waals surface area (Å²) in [4.78, 5) is 16.0. The molecule has 2 aromatic rings. The van der Waals surface area contributed by atoms with Gasteiger partial charge in [0, 0.05) is 34.5 Å². The number of hydrogen-bond acceptors (Lipinski definition) is 3. The summed E-state index contributed by atoms with van der Waals surface area (Å²) in [7, 11) is 0. The number of nitrogens with zero attached hydrogens (tertiary/aromatic N) is 1. The lowest BCUT2D eigenvalue weighted by Gasteiger charge is -2.03. The lowest BCUT2D eigenvalue weighted by atomic mass is 10.0. The highest BCUT2D eigenvalue weighted by Gasteiger charge is 2.08. The molecule has 1 aromatic heterocycles. The highest BCUT2D eigenvalue weighted by Crippen LogP contribution is 2.21. The molecule has 0 saturated heterocycles. The lowest BCUT2D eigenvalue weighted by Crippen LogP contribution is -2.04. The normalized spacial score (nSPS) is 10.2. The molecule has 2 N–H and O–H groups in total. The molecule has 2 rings (SSSR count). The van der Waals surface area contributed by atoms with Crippen LogP contribution in [0.1, 0.15) is 15.9 Å². The lowest BCUT2D eigenvalue weighted by molar-refractivity contribution is 0.0993. The topological polar surface area (TPSA) is 56.0 Å². The number of rotatable bonds is 3. The van der Waals surface area contributed by atoms with Crippen LogP contribution in [0.5, 0.6) is 0 Å². The minimum atomic E-state index is 0.0544. The third-order valence-electron chi connectivity index (χ3n) is 2.41. The molecule has 0 aliphatic rings. The summed E-state index contributed by atoms with van der Waals surface area (Å²) < 4.78 is 0.745. The van der Waals surface area contributed by atoms with E-state index in [1.807, 2.05) is 12.1 Å². The largest absolute Gasteiger partial charge is 0.398 e. The Balaban J connectivity index is 2.18. The number of anilines is 1. The number of carbonyl (C=O) groups is 1. The number of aromatic nitrogens is 1. The predicted molar refractivity (Wildman–Crippen MR) is 70.8 cm³/mol. The van der Waals surface area contributed by atoms with Crippen molar-refractivity contribution in [2.45, 2.75) is 6.42 Å². The second-order valence-electron chi connectivity index (χ2n) is 3.70. The van der Waals surface area contributed by atoms with E-state index in [2.05, 4.69) is 20.9 Å². The number of ketones is 1. The van der Waals surface area contributed by atoms with Gasteiger partial charge in [0.05, 0.1) is 0 Å². The molecular weight excluding hydrogens is 280 g/mol. The Morgan fingerprint density at radius 2 is 2.18 bits per heavy atom. The van der Waals surface area contributed by atoms with E-state index >= 15 is 0 Å². The molecule has 0 aliphatic carbocycles. The van der Waals surface area contributed by atoms with Crippen molar-refractivity contribution in [2.24, 2.45) is 0 Å². The molecule has 86 valence electrons. The van der Waals surface area contributed by atoms with Gasteiger partial charge in [0.1, 0.15) is 0 Å². The van der Waals surface area contributed by atoms with Gasteiger partial charge in [-0.3, -0.25) is 9.78 Å². The molecule has 0 fully saturated rings. The number of hydrogen-bond donors (Lipinski definition) is 1. The summed E-state index contributed by atoms with van der Waals surface area (Å²) in [5, 5.41) is 0. The highest BCUT2D eigenvalue weighted by atomic mass is 79.9. The van der Waals surface area contributed by atoms with Gasteiger partial charge in [-0.1, -0.05) is 6.07 Å². The van der Waals surface area contributed by atoms with Gasteiger partial charge in [-0.05, 0) is 45.8 Å². The number of carbonyl (C=O) groups excluding carboxylic acids is 1. The van der Waals surface area contributed by atoms with Gasteiger partial charge in [-0.25, -0.2) is 0 Å². The van der Waals surface area contributed by atoms with E-state index in [4.69, 9.17) is 5.73 Å². The van der Waals surface area contributed by atoms with Gasteiger partial charge in [0.25, 0.3) is 0 Å². The van der Waals surface area contributed by atoms with Crippen molar-refractivity contribution >= 4 is 27.4 Å². The Kier molecular flexibility index (Phi) is 3.54. The first-order valence-electron chi connectivity index (χ1n) is 5.14. The zero-order chi connectivity index (χ0) is 12.3. The molecule has 0 atom stereocenters. The Hall–Kier alpha value is -1.68. The van der Waals surface area contributed by atoms with Crippen molar-refractivity contribution < 1.29 is 4.79 Å². The summed E-state index contributed by atoms with van der Waals surface area (Å²) >= 11 is 3.31. The number of nitrogens with two attached hydrogens (primary N) is 1. The quantitative estimate of drug-likeness (QED) is 0.699. The van der Waals surface area contributed by atoms with Crippen molar-refractivity contribution in [1.29, 1.82) is 0 Å². The molecule has 0 radical (unpaired) electrons. The monoisotopic (exact) mass is 290 g/mol. The average Bonchev–Trinajstić information content (AvgIpc) is 2.34. The van der Waals surface area contributed by atoms with E-state index in [9.17, 15) is 4.79 Å². The second-order valence-corrected chi connectivity index (χ2v) is 4.55. The van der Waals surface area contributed by atoms with Gasteiger partial charge in [-0.2, -0.15) is 0 Å². The maximum absolute atomic E-state index is 12.0. The second kappa shape index (κ2) is 5.10. The van der Waals surface area contributed by atoms with Crippen LogP contribution < -0.4 is 5.73 Å². The van der Waals surface area contributed by atoms with Crippen LogP contribution in [0.15, 0.2) is 47.2 Å². The van der Waals surface area contributed by atoms with E-state index in [-0.39, 0.29) is 5.78 Å². The predicted octanol–water partition coefficient (Wildman–Crippen LogP) is 2.85. The zero-order valence-electron chi connectivity index (χ0n) is 9.06. The molecule has 0 bridgehead atoms. The summed E-state index contributed by atoms with van der Waals surface area (Å²) in [5.41, 5.74) is 7.86. The maximum atomic E-state index is 12.0. The average molecular weight is 291 g/mol. The highest BCUT2D eigenvalue weighted by molar-refractivity contribution is 9.10. The molecule has 1 heterocycles. The molecule has 17 heavy (non-hydrogen) atoms. The number of pyridine rings is 1. The molecule has 3 nitrogen and oxygen atoms in total. The van der Waals surface area contributed by atoms with E-state index in [0.717, 1.165) is 10.0 Å². The SMILES string of the molecule is Nc1ccc(C(=O)Cc2cccnc2)cc1Br. The summed E-state index contributed by atoms with van der Waals surface area (Å²) in [5.74, 6) is 0.0544. The summed E-state index contributed by atoms with van der Waals surface area (Å²) in [6, 6.07) is 8.91. The van der Waals surface area contributed by atoms with Crippen molar-refractivity contribution in [3.8, 4) is 0 Å². The first-order chi connectivity index (χ1) is 8.16. The van der Waals surface area contributed by atoms with Crippen molar-refractivity contribution in [3.05, 3.63) is 58.3 Å². The fourth-order valence-corrected chi connectivity index (χ4v) is 1.87. The molecule has 0 unspecified atom stereocenters. The van der Waals surface area contributed by atoms with Crippen LogP contribution in [0.2, 0.25) is 0 Å². The van der Waals surface area contributed by atoms with Gasteiger partial charge in [-0.15, -0.1) is 0 Å². The van der Waals surface area contributed by atoms with Gasteiger partial charge in [0.2, 0.25) is 0 Å². The number of Topliss-reactive ketones (excluding diaryl/α,β-unsaturated/α-hetero) is 1. The Morgan fingerprint density at radius 1 is 1.35 bits per heavy atom. The van der Waals surface area contributed by atoms with Crippen LogP contribution in [0, 0.1) is 0 Å². The molecule has 1 aromatic carbocycles. The first-order valence-corrected chi connectivity index (χ1v) is 5.93. The molecule has 4 heteroatoms. The number of benzene rings is 1. The molecule has 0 amide bonds. The first kappa shape index (κ1) is 11.8. The van der Waals surface area contributed by atoms with Crippen LogP contribution in [0.25, 0.3) is 0 Å². The number of nitrogen functional groups attached to an aromatic ring is 1. The molecular formula is C13H11BrN2O. The van der Waals surface area contributed by atoms with E-state index in [1.54, 1.807) is 30.6 Å². The Morgan fingerprint density at radius 3 is 2.82 bits per heavy atom. The fraction of sp³-hybridized carbons (Fsp3) is 0.0769. The van der Waals surface area contributed by atoms with Crippen molar-refractivity contribution in [1.82, 2.24) is 4.98 Å². The zero-order valence-corrected chi connectivity index (χ0v) is 10.6. The third kappa shape index (κ3) is 2.91. The Labute approximate surface area is 108 Å². The van der Waals surface area contributed by atoms with Crippen LogP contribution >= 0.6 is 15.9 Å². The number of halogens is 1. The van der Waals surface area contributed by atoms with Crippen LogP contribution in [0.3, 0.4) is 0 Å². The van der Waals surface area contributed by atoms with E-state index in [1.165, 1.54) is 0 Å². The van der Waals surface area contributed by atoms with Crippen molar-refractivity contribution in [2.75, 3.05) is 5.73 Å². The van der Waals surface area contributed by atoms with Crippen LogP contribution in [0.4, 0.5) is 5.69 Å². The van der Waals surface area contributed by atoms with Gasteiger partial charge in [0.15, 0.2) is 5.78 Å². The minimum Gasteiger partial charge on any atom is -0.398 e. The van der Waals surface area contributed by atoms with Gasteiger partial charge < -0.3 is 5.73 Å².